The summed E-state index contributed by atoms with van der Waals surface area (Å²) in [7, 11) is 1.56. The Morgan fingerprint density at radius 1 is 1.45 bits per heavy atom. The smallest absolute Gasteiger partial charge is 0.262 e. The minimum Gasteiger partial charge on any atom is -0.493 e. The maximum Gasteiger partial charge on any atom is 0.262 e. The summed E-state index contributed by atoms with van der Waals surface area (Å²) in [5.74, 6) is 1.36. The fourth-order valence-electron chi connectivity index (χ4n) is 3.95. The van der Waals surface area contributed by atoms with E-state index in [4.69, 9.17) is 9.47 Å². The van der Waals surface area contributed by atoms with Crippen LogP contribution in [0.5, 0.6) is 11.5 Å². The third-order valence-corrected chi connectivity index (χ3v) is 7.29. The van der Waals surface area contributed by atoms with Crippen molar-refractivity contribution in [1.82, 2.24) is 15.0 Å². The van der Waals surface area contributed by atoms with Gasteiger partial charge in [-0.05, 0) is 71.3 Å². The van der Waals surface area contributed by atoms with Crippen LogP contribution in [0.25, 0.3) is 10.2 Å². The van der Waals surface area contributed by atoms with E-state index in [1.54, 1.807) is 24.5 Å². The number of halogens is 1. The highest BCUT2D eigenvalue weighted by atomic mass is 79.9. The van der Waals surface area contributed by atoms with Gasteiger partial charge in [0.15, 0.2) is 11.5 Å². The molecule has 174 valence electrons. The van der Waals surface area contributed by atoms with E-state index in [2.05, 4.69) is 38.4 Å². The van der Waals surface area contributed by atoms with Crippen molar-refractivity contribution < 1.29 is 14.3 Å². The summed E-state index contributed by atoms with van der Waals surface area (Å²) in [4.78, 5) is 31.9. The van der Waals surface area contributed by atoms with Gasteiger partial charge in [-0.15, -0.1) is 11.3 Å². The van der Waals surface area contributed by atoms with E-state index in [0.29, 0.717) is 35.0 Å². The van der Waals surface area contributed by atoms with Gasteiger partial charge in [-0.25, -0.2) is 10.4 Å². The van der Waals surface area contributed by atoms with Crippen molar-refractivity contribution in [3.8, 4) is 11.5 Å². The Labute approximate surface area is 203 Å². The molecule has 0 radical (unpaired) electrons. The van der Waals surface area contributed by atoms with Crippen LogP contribution in [0, 0.1) is 5.92 Å². The summed E-state index contributed by atoms with van der Waals surface area (Å²) in [6, 6.07) is 3.57. The van der Waals surface area contributed by atoms with Gasteiger partial charge < -0.3 is 9.47 Å². The molecule has 8 nitrogen and oxygen atoms in total. The Bertz CT molecular complexity index is 1280. The standard InChI is InChI=1S/C23H25BrN4O4S/c1-4-32-21-16(24)8-14(9-17(21)31-3)10-26-27-19(29)11-28-12-25-22-20(23(28)30)15-6-5-13(2)7-18(15)33-22/h8-10,12-13H,4-7,11H2,1-3H3,(H,27,29)/b26-10+. The highest BCUT2D eigenvalue weighted by Crippen LogP contribution is 2.36. The molecule has 0 saturated carbocycles. The minimum atomic E-state index is -0.413. The number of benzene rings is 1. The molecule has 2 heterocycles. The molecule has 1 amide bonds. The minimum absolute atomic E-state index is 0.156. The van der Waals surface area contributed by atoms with E-state index in [9.17, 15) is 9.59 Å². The van der Waals surface area contributed by atoms with Crippen molar-refractivity contribution in [3.05, 3.63) is 49.3 Å². The number of aryl methyl sites for hydroxylation is 1. The highest BCUT2D eigenvalue weighted by molar-refractivity contribution is 9.10. The Balaban J connectivity index is 1.47. The van der Waals surface area contributed by atoms with Gasteiger partial charge in [-0.3, -0.25) is 14.2 Å². The monoisotopic (exact) mass is 532 g/mol. The molecule has 1 atom stereocenters. The lowest BCUT2D eigenvalue weighted by molar-refractivity contribution is -0.121. The lowest BCUT2D eigenvalue weighted by Gasteiger charge is -2.17. The third kappa shape index (κ3) is 4.96. The van der Waals surface area contributed by atoms with Crippen molar-refractivity contribution >= 4 is 49.6 Å². The summed E-state index contributed by atoms with van der Waals surface area (Å²) < 4.78 is 13.0. The Morgan fingerprint density at radius 3 is 3.03 bits per heavy atom. The third-order valence-electron chi connectivity index (χ3n) is 5.54. The van der Waals surface area contributed by atoms with Gasteiger partial charge in [0.25, 0.3) is 11.5 Å². The normalized spacial score (nSPS) is 15.6. The molecule has 0 aliphatic heterocycles. The Hall–Kier alpha value is -2.72. The zero-order valence-corrected chi connectivity index (χ0v) is 21.1. The molecule has 0 spiro atoms. The van der Waals surface area contributed by atoms with Crippen molar-refractivity contribution in [3.63, 3.8) is 0 Å². The molecular formula is C23H25BrN4O4S. The van der Waals surface area contributed by atoms with Crippen molar-refractivity contribution in [1.29, 1.82) is 0 Å². The van der Waals surface area contributed by atoms with Gasteiger partial charge >= 0.3 is 0 Å². The first kappa shape index (κ1) is 23.4. The Morgan fingerprint density at radius 2 is 2.27 bits per heavy atom. The number of ether oxygens (including phenoxy) is 2. The van der Waals surface area contributed by atoms with Gasteiger partial charge in [0.1, 0.15) is 11.4 Å². The van der Waals surface area contributed by atoms with E-state index in [0.717, 1.165) is 34.1 Å². The summed E-state index contributed by atoms with van der Waals surface area (Å²) in [5, 5.41) is 4.67. The number of thiophene rings is 1. The largest absolute Gasteiger partial charge is 0.493 e. The molecule has 1 unspecified atom stereocenters. The Kier molecular flexibility index (Phi) is 7.14. The van der Waals surface area contributed by atoms with Crippen LogP contribution in [0.3, 0.4) is 0 Å². The summed E-state index contributed by atoms with van der Waals surface area (Å²) in [6.45, 7) is 4.47. The van der Waals surface area contributed by atoms with Gasteiger partial charge in [0.2, 0.25) is 0 Å². The molecular weight excluding hydrogens is 508 g/mol. The lowest BCUT2D eigenvalue weighted by atomic mass is 9.89. The second-order valence-electron chi connectivity index (χ2n) is 7.97. The number of hydrogen-bond donors (Lipinski definition) is 1. The maximum absolute atomic E-state index is 13.0. The van der Waals surface area contributed by atoms with Crippen LogP contribution in [0.1, 0.15) is 36.3 Å². The topological polar surface area (TPSA) is 94.8 Å². The van der Waals surface area contributed by atoms with E-state index < -0.39 is 5.91 Å². The zero-order chi connectivity index (χ0) is 23.5. The molecule has 1 aromatic carbocycles. The van der Waals surface area contributed by atoms with Gasteiger partial charge in [0, 0.05) is 4.88 Å². The molecule has 0 fully saturated rings. The van der Waals surface area contributed by atoms with Crippen LogP contribution >= 0.6 is 27.3 Å². The highest BCUT2D eigenvalue weighted by Gasteiger charge is 2.23. The first-order valence-corrected chi connectivity index (χ1v) is 12.3. The fourth-order valence-corrected chi connectivity index (χ4v) is 5.86. The van der Waals surface area contributed by atoms with Crippen molar-refractivity contribution in [2.75, 3.05) is 13.7 Å². The molecule has 10 heteroatoms. The van der Waals surface area contributed by atoms with Gasteiger partial charge in [-0.2, -0.15) is 5.10 Å². The predicted molar refractivity (Wildman–Crippen MR) is 133 cm³/mol. The van der Waals surface area contributed by atoms with E-state index >= 15 is 0 Å². The molecule has 0 saturated heterocycles. The van der Waals surface area contributed by atoms with Crippen LogP contribution in [-0.4, -0.2) is 35.4 Å². The number of hydrazone groups is 1. The molecule has 4 rings (SSSR count). The van der Waals surface area contributed by atoms with Gasteiger partial charge in [-0.1, -0.05) is 6.92 Å². The molecule has 3 aromatic rings. The van der Waals surface area contributed by atoms with E-state index in [-0.39, 0.29) is 12.1 Å². The number of fused-ring (bicyclic) bond motifs is 3. The molecule has 33 heavy (non-hydrogen) atoms. The van der Waals surface area contributed by atoms with Crippen LogP contribution in [0.2, 0.25) is 0 Å². The summed E-state index contributed by atoms with van der Waals surface area (Å²) in [5.41, 5.74) is 4.11. The van der Waals surface area contributed by atoms with E-state index in [1.165, 1.54) is 22.0 Å². The number of hydrogen-bond acceptors (Lipinski definition) is 7. The maximum atomic E-state index is 13.0. The summed E-state index contributed by atoms with van der Waals surface area (Å²) in [6.07, 6.45) is 5.87. The predicted octanol–water partition coefficient (Wildman–Crippen LogP) is 3.90. The average Bonchev–Trinajstić information content (AvgIpc) is 3.15. The van der Waals surface area contributed by atoms with Crippen LogP contribution < -0.4 is 20.5 Å². The van der Waals surface area contributed by atoms with Crippen LogP contribution in [-0.2, 0) is 24.2 Å². The number of aromatic nitrogens is 2. The zero-order valence-electron chi connectivity index (χ0n) is 18.7. The number of methoxy groups -OCH3 is 1. The van der Waals surface area contributed by atoms with Crippen LogP contribution in [0.4, 0.5) is 0 Å². The molecule has 1 N–H and O–H groups in total. The number of amides is 1. The van der Waals surface area contributed by atoms with Crippen molar-refractivity contribution in [2.45, 2.75) is 39.7 Å². The number of rotatable bonds is 7. The average molecular weight is 533 g/mol. The number of nitrogens with zero attached hydrogens (tertiary/aromatic N) is 3. The molecule has 1 aliphatic carbocycles. The van der Waals surface area contributed by atoms with Gasteiger partial charge in [0.05, 0.1) is 36.1 Å². The fraction of sp³-hybridized carbons (Fsp3) is 0.391. The molecule has 1 aliphatic rings. The number of carbonyl (C=O) groups is 1. The number of nitrogens with one attached hydrogen (secondary N) is 1. The van der Waals surface area contributed by atoms with Crippen LogP contribution in [0.15, 0.2) is 32.8 Å². The molecule has 0 bridgehead atoms. The van der Waals surface area contributed by atoms with Crippen molar-refractivity contribution in [2.24, 2.45) is 11.0 Å². The first-order valence-electron chi connectivity index (χ1n) is 10.7. The van der Waals surface area contributed by atoms with E-state index in [1.807, 2.05) is 13.0 Å². The lowest BCUT2D eigenvalue weighted by Crippen LogP contribution is -2.30. The SMILES string of the molecule is CCOc1c(Br)cc(/C=N/NC(=O)Cn2cnc3sc4c(c3c2=O)CCC(C)C4)cc1OC. The number of carbonyl (C=O) groups excluding carboxylic acids is 1. The second kappa shape index (κ2) is 10.0. The first-order chi connectivity index (χ1) is 15.9. The second-order valence-corrected chi connectivity index (χ2v) is 9.91. The quantitative estimate of drug-likeness (QED) is 0.367. The molecule has 2 aromatic heterocycles. The summed E-state index contributed by atoms with van der Waals surface area (Å²) >= 11 is 5.05.